The van der Waals surface area contributed by atoms with Gasteiger partial charge < -0.3 is 9.15 Å². The van der Waals surface area contributed by atoms with Crippen molar-refractivity contribution in [1.29, 1.82) is 0 Å². The second-order valence-electron chi connectivity index (χ2n) is 3.88. The molecule has 0 N–H and O–H groups in total. The second-order valence-corrected chi connectivity index (χ2v) is 3.88. The van der Waals surface area contributed by atoms with E-state index in [4.69, 9.17) is 9.15 Å². The molecule has 3 nitrogen and oxygen atoms in total. The molecule has 1 heterocycles. The van der Waals surface area contributed by atoms with Gasteiger partial charge in [-0.05, 0) is 24.6 Å². The zero-order valence-electron chi connectivity index (χ0n) is 12.4. The molecule has 0 fully saturated rings. The third-order valence-corrected chi connectivity index (χ3v) is 2.61. The Kier molecular flexibility index (Phi) is 5.81. The van der Waals surface area contributed by atoms with Crippen molar-refractivity contribution < 1.29 is 22.3 Å². The number of aryl methyl sites for hydroxylation is 1. The van der Waals surface area contributed by atoms with Crippen LogP contribution in [0.15, 0.2) is 28.7 Å². The standard InChI is InChI=1S/C13H12F3NO2.C2H6/c1-3-10-11(13(14,15)16)19-12(17-10)8-5-4-6-9(7-8)18-2;1-2/h4-7H,3H2,1-2H3;1-2H3. The number of hydrogen-bond donors (Lipinski definition) is 0. The lowest BCUT2D eigenvalue weighted by Gasteiger charge is -2.03. The van der Waals surface area contributed by atoms with Crippen LogP contribution in [0.4, 0.5) is 13.2 Å². The first-order valence-corrected chi connectivity index (χ1v) is 6.67. The smallest absolute Gasteiger partial charge is 0.451 e. The van der Waals surface area contributed by atoms with E-state index in [1.165, 1.54) is 7.11 Å². The van der Waals surface area contributed by atoms with Gasteiger partial charge in [0.15, 0.2) is 0 Å². The number of ether oxygens (including phenoxy) is 1. The summed E-state index contributed by atoms with van der Waals surface area (Å²) in [5.74, 6) is -0.557. The monoisotopic (exact) mass is 301 g/mol. The predicted octanol–water partition coefficient (Wildman–Crippen LogP) is 4.96. The Hall–Kier alpha value is -1.98. The van der Waals surface area contributed by atoms with E-state index in [1.54, 1.807) is 31.2 Å². The van der Waals surface area contributed by atoms with E-state index >= 15 is 0 Å². The van der Waals surface area contributed by atoms with Crippen molar-refractivity contribution in [3.05, 3.63) is 35.7 Å². The molecular formula is C15H18F3NO2. The highest BCUT2D eigenvalue weighted by atomic mass is 19.4. The molecule has 0 radical (unpaired) electrons. The molecule has 0 bridgehead atoms. The predicted molar refractivity (Wildman–Crippen MR) is 74.2 cm³/mol. The number of halogens is 3. The molecule has 0 amide bonds. The minimum atomic E-state index is -4.53. The Morgan fingerprint density at radius 2 is 1.90 bits per heavy atom. The van der Waals surface area contributed by atoms with Crippen LogP contribution >= 0.6 is 0 Å². The maximum atomic E-state index is 12.8. The van der Waals surface area contributed by atoms with Crippen LogP contribution in [-0.2, 0) is 12.6 Å². The third kappa shape index (κ3) is 4.00. The first kappa shape index (κ1) is 17.1. The lowest BCUT2D eigenvalue weighted by atomic mass is 10.2. The summed E-state index contributed by atoms with van der Waals surface area (Å²) in [6, 6.07) is 6.55. The highest BCUT2D eigenvalue weighted by Crippen LogP contribution is 2.35. The molecule has 0 saturated carbocycles. The molecule has 0 spiro atoms. The van der Waals surface area contributed by atoms with E-state index in [0.717, 1.165) is 0 Å². The lowest BCUT2D eigenvalue weighted by molar-refractivity contribution is -0.153. The molecule has 21 heavy (non-hydrogen) atoms. The Labute approximate surface area is 121 Å². The van der Waals surface area contributed by atoms with Crippen molar-refractivity contribution in [3.8, 4) is 17.2 Å². The molecule has 116 valence electrons. The fourth-order valence-corrected chi connectivity index (χ4v) is 1.69. The van der Waals surface area contributed by atoms with Gasteiger partial charge in [0.05, 0.1) is 12.8 Å². The number of oxazole rings is 1. The van der Waals surface area contributed by atoms with Crippen LogP contribution in [0.25, 0.3) is 11.5 Å². The van der Waals surface area contributed by atoms with Crippen LogP contribution < -0.4 is 4.74 Å². The number of benzene rings is 1. The molecule has 0 atom stereocenters. The van der Waals surface area contributed by atoms with Crippen LogP contribution in [0.2, 0.25) is 0 Å². The molecule has 0 unspecified atom stereocenters. The van der Waals surface area contributed by atoms with Gasteiger partial charge in [-0.15, -0.1) is 0 Å². The van der Waals surface area contributed by atoms with E-state index in [2.05, 4.69) is 4.98 Å². The number of hydrogen-bond acceptors (Lipinski definition) is 3. The van der Waals surface area contributed by atoms with Gasteiger partial charge in [0.25, 0.3) is 0 Å². The summed E-state index contributed by atoms with van der Waals surface area (Å²) in [6.45, 7) is 5.60. The number of methoxy groups -OCH3 is 1. The maximum Gasteiger partial charge on any atom is 0.451 e. The summed E-state index contributed by atoms with van der Waals surface area (Å²) in [7, 11) is 1.48. The summed E-state index contributed by atoms with van der Waals surface area (Å²) in [5, 5.41) is 0. The van der Waals surface area contributed by atoms with Gasteiger partial charge in [-0.25, -0.2) is 4.98 Å². The molecule has 6 heteroatoms. The normalized spacial score (nSPS) is 10.8. The quantitative estimate of drug-likeness (QED) is 0.804. The van der Waals surface area contributed by atoms with Crippen molar-refractivity contribution in [2.45, 2.75) is 33.4 Å². The van der Waals surface area contributed by atoms with Gasteiger partial charge in [-0.3, -0.25) is 0 Å². The SMILES string of the molecule is CC.CCc1nc(-c2cccc(OC)c2)oc1C(F)(F)F. The molecule has 0 saturated heterocycles. The summed E-state index contributed by atoms with van der Waals surface area (Å²) in [5.41, 5.74) is 0.356. The molecule has 1 aromatic carbocycles. The summed E-state index contributed by atoms with van der Waals surface area (Å²) >= 11 is 0. The third-order valence-electron chi connectivity index (χ3n) is 2.61. The second kappa shape index (κ2) is 7.15. The van der Waals surface area contributed by atoms with Crippen LogP contribution in [0.3, 0.4) is 0 Å². The van der Waals surface area contributed by atoms with E-state index in [-0.39, 0.29) is 18.0 Å². The van der Waals surface area contributed by atoms with Crippen molar-refractivity contribution in [1.82, 2.24) is 4.98 Å². The van der Waals surface area contributed by atoms with Crippen molar-refractivity contribution in [2.24, 2.45) is 0 Å². The van der Waals surface area contributed by atoms with Crippen molar-refractivity contribution in [2.75, 3.05) is 7.11 Å². The number of aromatic nitrogens is 1. The highest BCUT2D eigenvalue weighted by Gasteiger charge is 2.39. The average Bonchev–Trinajstić information content (AvgIpc) is 2.94. The van der Waals surface area contributed by atoms with Crippen LogP contribution in [0, 0.1) is 0 Å². The molecule has 2 aromatic rings. The van der Waals surface area contributed by atoms with E-state index in [9.17, 15) is 13.2 Å². The van der Waals surface area contributed by atoms with Gasteiger partial charge >= 0.3 is 6.18 Å². The van der Waals surface area contributed by atoms with Crippen LogP contribution in [0.5, 0.6) is 5.75 Å². The molecule has 0 aliphatic heterocycles. The molecule has 1 aromatic heterocycles. The van der Waals surface area contributed by atoms with E-state index in [0.29, 0.717) is 11.3 Å². The van der Waals surface area contributed by atoms with Crippen LogP contribution in [0.1, 0.15) is 32.2 Å². The van der Waals surface area contributed by atoms with E-state index < -0.39 is 11.9 Å². The molecule has 0 aliphatic rings. The summed E-state index contributed by atoms with van der Waals surface area (Å²) in [4.78, 5) is 3.90. The summed E-state index contributed by atoms with van der Waals surface area (Å²) < 4.78 is 48.1. The summed E-state index contributed by atoms with van der Waals surface area (Å²) in [6.07, 6.45) is -4.38. The zero-order chi connectivity index (χ0) is 16.0. The van der Waals surface area contributed by atoms with Crippen molar-refractivity contribution >= 4 is 0 Å². The topological polar surface area (TPSA) is 35.3 Å². The maximum absolute atomic E-state index is 12.8. The zero-order valence-corrected chi connectivity index (χ0v) is 12.4. The highest BCUT2D eigenvalue weighted by molar-refractivity contribution is 5.56. The van der Waals surface area contributed by atoms with Crippen molar-refractivity contribution in [3.63, 3.8) is 0 Å². The largest absolute Gasteiger partial charge is 0.497 e. The molecular weight excluding hydrogens is 283 g/mol. The number of rotatable bonds is 3. The fraction of sp³-hybridized carbons (Fsp3) is 0.400. The first-order valence-electron chi connectivity index (χ1n) is 6.67. The van der Waals surface area contributed by atoms with Gasteiger partial charge in [0.2, 0.25) is 11.7 Å². The lowest BCUT2D eigenvalue weighted by Crippen LogP contribution is -2.06. The van der Waals surface area contributed by atoms with E-state index in [1.807, 2.05) is 13.8 Å². The Bertz CT molecular complexity index is 577. The molecule has 2 rings (SSSR count). The number of nitrogens with zero attached hydrogens (tertiary/aromatic N) is 1. The van der Waals surface area contributed by atoms with Gasteiger partial charge in [0.1, 0.15) is 5.75 Å². The minimum Gasteiger partial charge on any atom is -0.497 e. The Balaban J connectivity index is 0.00000106. The number of alkyl halides is 3. The first-order chi connectivity index (χ1) is 9.95. The van der Waals surface area contributed by atoms with Gasteiger partial charge in [-0.1, -0.05) is 26.8 Å². The van der Waals surface area contributed by atoms with Crippen LogP contribution in [-0.4, -0.2) is 12.1 Å². The fourth-order valence-electron chi connectivity index (χ4n) is 1.69. The molecule has 0 aliphatic carbocycles. The minimum absolute atomic E-state index is 0.0527. The Morgan fingerprint density at radius 3 is 2.38 bits per heavy atom. The Morgan fingerprint density at radius 1 is 1.24 bits per heavy atom. The van der Waals surface area contributed by atoms with Gasteiger partial charge in [0, 0.05) is 5.56 Å². The average molecular weight is 301 g/mol. The van der Waals surface area contributed by atoms with Gasteiger partial charge in [-0.2, -0.15) is 13.2 Å².